The van der Waals surface area contributed by atoms with E-state index in [-0.39, 0.29) is 0 Å². The molecular formula is C18H25NS. The largest absolute Gasteiger partial charge is 0.388 e. The van der Waals surface area contributed by atoms with Crippen LogP contribution >= 0.6 is 11.8 Å². The third-order valence-corrected chi connectivity index (χ3v) is 7.81. The number of benzene rings is 1. The minimum atomic E-state index is 0.601. The molecule has 2 fully saturated rings. The normalized spacial score (nSPS) is 38.8. The third kappa shape index (κ3) is 1.83. The molecule has 1 aromatic rings. The molecule has 0 bridgehead atoms. The summed E-state index contributed by atoms with van der Waals surface area (Å²) in [7, 11) is 2.02. The van der Waals surface area contributed by atoms with Crippen LogP contribution in [0.3, 0.4) is 0 Å². The molecule has 1 saturated carbocycles. The lowest BCUT2D eigenvalue weighted by Gasteiger charge is -2.48. The molecule has 1 aromatic carbocycles. The number of fused-ring (bicyclic) bond motifs is 5. The molecule has 0 radical (unpaired) electrons. The van der Waals surface area contributed by atoms with E-state index in [4.69, 9.17) is 0 Å². The zero-order chi connectivity index (χ0) is 13.7. The van der Waals surface area contributed by atoms with Gasteiger partial charge in [0.2, 0.25) is 0 Å². The van der Waals surface area contributed by atoms with Crippen LogP contribution in [0.4, 0.5) is 5.69 Å². The fourth-order valence-corrected chi connectivity index (χ4v) is 6.75. The molecule has 1 aliphatic heterocycles. The Morgan fingerprint density at radius 2 is 2.15 bits per heavy atom. The van der Waals surface area contributed by atoms with Gasteiger partial charge in [-0.1, -0.05) is 13.0 Å². The number of thioether (sulfide) groups is 1. The van der Waals surface area contributed by atoms with Crippen molar-refractivity contribution in [2.75, 3.05) is 18.1 Å². The van der Waals surface area contributed by atoms with Crippen LogP contribution in [0.15, 0.2) is 18.2 Å². The van der Waals surface area contributed by atoms with Gasteiger partial charge in [0, 0.05) is 17.5 Å². The maximum atomic E-state index is 3.29. The van der Waals surface area contributed by atoms with Gasteiger partial charge >= 0.3 is 0 Å². The van der Waals surface area contributed by atoms with Crippen LogP contribution in [0.2, 0.25) is 0 Å². The van der Waals surface area contributed by atoms with Gasteiger partial charge in [-0.2, -0.15) is 11.8 Å². The fraction of sp³-hybridized carbons (Fsp3) is 0.667. The lowest BCUT2D eigenvalue weighted by atomic mass is 9.59. The first-order chi connectivity index (χ1) is 9.71. The third-order valence-electron chi connectivity index (χ3n) is 6.21. The molecule has 4 atom stereocenters. The maximum Gasteiger partial charge on any atom is 0.0340 e. The first-order valence-corrected chi connectivity index (χ1v) is 9.14. The second-order valence-corrected chi connectivity index (χ2v) is 8.70. The number of rotatable bonds is 1. The molecule has 1 heterocycles. The first-order valence-electron chi connectivity index (χ1n) is 8.16. The van der Waals surface area contributed by atoms with E-state index in [1.165, 1.54) is 43.5 Å². The SMILES string of the molecule is CNc1ccc2c(c1)CCC1C2CCC2(C)SCCC12. The van der Waals surface area contributed by atoms with Crippen molar-refractivity contribution in [3.8, 4) is 0 Å². The molecule has 108 valence electrons. The van der Waals surface area contributed by atoms with E-state index in [9.17, 15) is 0 Å². The van der Waals surface area contributed by atoms with Crippen molar-refractivity contribution in [2.45, 2.75) is 49.7 Å². The Morgan fingerprint density at radius 1 is 1.25 bits per heavy atom. The molecule has 2 aliphatic carbocycles. The van der Waals surface area contributed by atoms with Crippen LogP contribution in [-0.4, -0.2) is 17.5 Å². The highest BCUT2D eigenvalue weighted by atomic mass is 32.2. The number of aryl methyl sites for hydroxylation is 1. The van der Waals surface area contributed by atoms with Crippen LogP contribution < -0.4 is 5.32 Å². The number of hydrogen-bond acceptors (Lipinski definition) is 2. The lowest BCUT2D eigenvalue weighted by Crippen LogP contribution is -2.42. The van der Waals surface area contributed by atoms with Gasteiger partial charge in [0.15, 0.2) is 0 Å². The van der Waals surface area contributed by atoms with E-state index in [1.54, 1.807) is 11.1 Å². The van der Waals surface area contributed by atoms with E-state index >= 15 is 0 Å². The van der Waals surface area contributed by atoms with E-state index in [0.717, 1.165) is 17.8 Å². The Labute approximate surface area is 126 Å². The van der Waals surface area contributed by atoms with E-state index in [0.29, 0.717) is 4.75 Å². The lowest BCUT2D eigenvalue weighted by molar-refractivity contribution is 0.149. The summed E-state index contributed by atoms with van der Waals surface area (Å²) in [6.45, 7) is 2.55. The van der Waals surface area contributed by atoms with Crippen molar-refractivity contribution >= 4 is 17.4 Å². The smallest absolute Gasteiger partial charge is 0.0340 e. The van der Waals surface area contributed by atoms with Crippen molar-refractivity contribution in [2.24, 2.45) is 11.8 Å². The van der Waals surface area contributed by atoms with Gasteiger partial charge in [-0.3, -0.25) is 0 Å². The van der Waals surface area contributed by atoms with Crippen LogP contribution in [-0.2, 0) is 6.42 Å². The molecule has 20 heavy (non-hydrogen) atoms. The number of hydrogen-bond donors (Lipinski definition) is 1. The summed E-state index contributed by atoms with van der Waals surface area (Å²) in [5.74, 6) is 4.18. The van der Waals surface area contributed by atoms with Gasteiger partial charge in [0.05, 0.1) is 0 Å². The monoisotopic (exact) mass is 287 g/mol. The standard InChI is InChI=1S/C18H25NS/c1-18-9-7-15-14-6-4-13(19-2)11-12(14)3-5-16(15)17(18)8-10-20-18/h4,6,11,15-17,19H,3,5,7-10H2,1-2H3. The summed E-state index contributed by atoms with van der Waals surface area (Å²) in [6, 6.07) is 7.09. The maximum absolute atomic E-state index is 3.29. The summed E-state index contributed by atoms with van der Waals surface area (Å²) in [5.41, 5.74) is 4.57. The van der Waals surface area contributed by atoms with Crippen molar-refractivity contribution < 1.29 is 0 Å². The van der Waals surface area contributed by atoms with Crippen LogP contribution in [0.5, 0.6) is 0 Å². The van der Waals surface area contributed by atoms with E-state index < -0.39 is 0 Å². The van der Waals surface area contributed by atoms with E-state index in [1.807, 2.05) is 7.05 Å². The summed E-state index contributed by atoms with van der Waals surface area (Å²) >= 11 is 2.26. The van der Waals surface area contributed by atoms with Gasteiger partial charge in [-0.05, 0) is 78.9 Å². The summed E-state index contributed by atoms with van der Waals surface area (Å²) in [5, 5.41) is 3.29. The van der Waals surface area contributed by atoms with Gasteiger partial charge in [-0.15, -0.1) is 0 Å². The topological polar surface area (TPSA) is 12.0 Å². The molecule has 2 heteroatoms. The second kappa shape index (κ2) is 4.69. The van der Waals surface area contributed by atoms with Crippen molar-refractivity contribution in [3.63, 3.8) is 0 Å². The predicted molar refractivity (Wildman–Crippen MR) is 88.7 cm³/mol. The van der Waals surface area contributed by atoms with Crippen molar-refractivity contribution in [3.05, 3.63) is 29.3 Å². The Bertz CT molecular complexity index is 526. The van der Waals surface area contributed by atoms with Crippen LogP contribution in [0, 0.1) is 11.8 Å². The van der Waals surface area contributed by atoms with Gasteiger partial charge in [0.25, 0.3) is 0 Å². The quantitative estimate of drug-likeness (QED) is 0.805. The number of anilines is 1. The summed E-state index contributed by atoms with van der Waals surface area (Å²) < 4.78 is 0.601. The molecule has 1 saturated heterocycles. The van der Waals surface area contributed by atoms with E-state index in [2.05, 4.69) is 42.2 Å². The molecule has 0 aromatic heterocycles. The predicted octanol–water partition coefficient (Wildman–Crippen LogP) is 4.68. The highest BCUT2D eigenvalue weighted by molar-refractivity contribution is 8.00. The minimum absolute atomic E-state index is 0.601. The number of nitrogens with one attached hydrogen (secondary N) is 1. The molecule has 4 rings (SSSR count). The molecular weight excluding hydrogens is 262 g/mol. The highest BCUT2D eigenvalue weighted by Crippen LogP contribution is 2.59. The molecule has 1 nitrogen and oxygen atoms in total. The van der Waals surface area contributed by atoms with Gasteiger partial charge in [-0.25, -0.2) is 0 Å². The molecule has 3 aliphatic rings. The average molecular weight is 287 g/mol. The van der Waals surface area contributed by atoms with Gasteiger partial charge < -0.3 is 5.32 Å². The Hall–Kier alpha value is -0.630. The van der Waals surface area contributed by atoms with Gasteiger partial charge in [0.1, 0.15) is 0 Å². The second-order valence-electron chi connectivity index (χ2n) is 7.07. The fourth-order valence-electron chi connectivity index (χ4n) is 5.14. The summed E-state index contributed by atoms with van der Waals surface area (Å²) in [4.78, 5) is 0. The van der Waals surface area contributed by atoms with Crippen molar-refractivity contribution in [1.29, 1.82) is 0 Å². The van der Waals surface area contributed by atoms with Crippen molar-refractivity contribution in [1.82, 2.24) is 0 Å². The zero-order valence-electron chi connectivity index (χ0n) is 12.6. The molecule has 0 spiro atoms. The van der Waals surface area contributed by atoms with Crippen LogP contribution in [0.1, 0.15) is 49.7 Å². The molecule has 1 N–H and O–H groups in total. The molecule has 0 amide bonds. The Kier molecular flexibility index (Phi) is 3.06. The minimum Gasteiger partial charge on any atom is -0.388 e. The first kappa shape index (κ1) is 13.1. The molecule has 4 unspecified atom stereocenters. The zero-order valence-corrected chi connectivity index (χ0v) is 13.4. The Morgan fingerprint density at radius 3 is 3.00 bits per heavy atom. The average Bonchev–Trinajstić information content (AvgIpc) is 2.88. The summed E-state index contributed by atoms with van der Waals surface area (Å²) in [6.07, 6.45) is 7.02. The van der Waals surface area contributed by atoms with Crippen LogP contribution in [0.25, 0.3) is 0 Å². The Balaban J connectivity index is 1.69. The highest BCUT2D eigenvalue weighted by Gasteiger charge is 2.50.